The Bertz CT molecular complexity index is 710. The van der Waals surface area contributed by atoms with Gasteiger partial charge in [-0.05, 0) is 49.8 Å². The summed E-state index contributed by atoms with van der Waals surface area (Å²) in [5, 5.41) is 0. The van der Waals surface area contributed by atoms with E-state index >= 15 is 0 Å². The summed E-state index contributed by atoms with van der Waals surface area (Å²) < 4.78 is 5.33. The second kappa shape index (κ2) is 8.54. The van der Waals surface area contributed by atoms with Gasteiger partial charge < -0.3 is 14.5 Å². The predicted molar refractivity (Wildman–Crippen MR) is 110 cm³/mol. The van der Waals surface area contributed by atoms with Crippen LogP contribution in [0.15, 0.2) is 24.3 Å². The Morgan fingerprint density at radius 3 is 2.61 bits per heavy atom. The quantitative estimate of drug-likeness (QED) is 0.796. The Hall–Kier alpha value is -2.04. The second-order valence-electron chi connectivity index (χ2n) is 9.22. The third-order valence-corrected chi connectivity index (χ3v) is 5.97. The maximum absolute atomic E-state index is 13.3. The first-order chi connectivity index (χ1) is 13.3. The van der Waals surface area contributed by atoms with Crippen LogP contribution in [0.2, 0.25) is 0 Å². The summed E-state index contributed by atoms with van der Waals surface area (Å²) in [6, 6.07) is 8.36. The van der Waals surface area contributed by atoms with Crippen LogP contribution in [0.4, 0.5) is 0 Å². The first-order valence-corrected chi connectivity index (χ1v) is 10.5. The molecular weight excluding hydrogens is 352 g/mol. The van der Waals surface area contributed by atoms with Crippen molar-refractivity contribution >= 4 is 11.8 Å². The summed E-state index contributed by atoms with van der Waals surface area (Å²) in [4.78, 5) is 29.9. The van der Waals surface area contributed by atoms with E-state index in [1.807, 2.05) is 37.8 Å². The molecule has 5 nitrogen and oxygen atoms in total. The smallest absolute Gasteiger partial charge is 0.227 e. The molecule has 3 rings (SSSR count). The number of carbonyl (C=O) groups excluding carboxylic acids is 2. The molecule has 28 heavy (non-hydrogen) atoms. The molecule has 0 aliphatic carbocycles. The monoisotopic (exact) mass is 386 g/mol. The van der Waals surface area contributed by atoms with E-state index < -0.39 is 5.41 Å². The standard InChI is InChI=1S/C23H34N2O3/c1-23(2,3)22(27)24-12-6-9-18(16-24)21(26)25-13-7-10-19(25)14-17-8-5-11-20(15-17)28-4/h5,8,11,15,18-19H,6-7,9-10,12-14,16H2,1-4H3. The van der Waals surface area contributed by atoms with Gasteiger partial charge in [-0.25, -0.2) is 0 Å². The lowest BCUT2D eigenvalue weighted by atomic mass is 9.90. The van der Waals surface area contributed by atoms with E-state index in [9.17, 15) is 9.59 Å². The summed E-state index contributed by atoms with van der Waals surface area (Å²) >= 11 is 0. The van der Waals surface area contributed by atoms with Crippen molar-refractivity contribution in [2.24, 2.45) is 11.3 Å². The lowest BCUT2D eigenvalue weighted by Gasteiger charge is -2.38. The van der Waals surface area contributed by atoms with Crippen LogP contribution < -0.4 is 4.74 Å². The van der Waals surface area contributed by atoms with Gasteiger partial charge in [0.05, 0.1) is 13.0 Å². The number of methoxy groups -OCH3 is 1. The number of hydrogen-bond acceptors (Lipinski definition) is 3. The van der Waals surface area contributed by atoms with Crippen molar-refractivity contribution in [3.63, 3.8) is 0 Å². The fourth-order valence-electron chi connectivity index (χ4n) is 4.48. The number of piperidine rings is 1. The number of rotatable bonds is 4. The molecule has 0 spiro atoms. The minimum atomic E-state index is -0.395. The molecule has 2 atom stereocenters. The fourth-order valence-corrected chi connectivity index (χ4v) is 4.48. The first kappa shape index (κ1) is 20.7. The van der Waals surface area contributed by atoms with Crippen molar-refractivity contribution in [2.45, 2.75) is 58.9 Å². The molecule has 154 valence electrons. The molecule has 2 fully saturated rings. The number of carbonyl (C=O) groups is 2. The zero-order chi connectivity index (χ0) is 20.3. The molecule has 0 aromatic heterocycles. The number of amides is 2. The minimum Gasteiger partial charge on any atom is -0.497 e. The number of nitrogens with zero attached hydrogens (tertiary/aromatic N) is 2. The van der Waals surface area contributed by atoms with E-state index in [0.717, 1.165) is 50.9 Å². The van der Waals surface area contributed by atoms with Crippen molar-refractivity contribution in [3.8, 4) is 5.75 Å². The highest BCUT2D eigenvalue weighted by Crippen LogP contribution is 2.29. The highest BCUT2D eigenvalue weighted by molar-refractivity contribution is 5.84. The first-order valence-electron chi connectivity index (χ1n) is 10.5. The Labute approximate surface area is 169 Å². The Morgan fingerprint density at radius 2 is 1.89 bits per heavy atom. The molecule has 2 amide bonds. The molecule has 2 unspecified atom stereocenters. The minimum absolute atomic E-state index is 0.0639. The van der Waals surface area contributed by atoms with Crippen molar-refractivity contribution < 1.29 is 14.3 Å². The zero-order valence-corrected chi connectivity index (χ0v) is 17.7. The third-order valence-electron chi connectivity index (χ3n) is 5.97. The second-order valence-corrected chi connectivity index (χ2v) is 9.22. The van der Waals surface area contributed by atoms with E-state index in [-0.39, 0.29) is 23.8 Å². The molecule has 1 aromatic carbocycles. The molecule has 0 bridgehead atoms. The lowest BCUT2D eigenvalue weighted by Crippen LogP contribution is -2.50. The molecule has 0 saturated carbocycles. The predicted octanol–water partition coefficient (Wildman–Crippen LogP) is 3.51. The van der Waals surface area contributed by atoms with Gasteiger partial charge in [0.2, 0.25) is 11.8 Å². The van der Waals surface area contributed by atoms with E-state index in [0.29, 0.717) is 6.54 Å². The van der Waals surface area contributed by atoms with Crippen molar-refractivity contribution in [1.82, 2.24) is 9.80 Å². The van der Waals surface area contributed by atoms with Gasteiger partial charge in [0.15, 0.2) is 0 Å². The summed E-state index contributed by atoms with van der Waals surface area (Å²) in [5.41, 5.74) is 0.810. The molecule has 0 radical (unpaired) electrons. The molecule has 1 aromatic rings. The van der Waals surface area contributed by atoms with Gasteiger partial charge in [0.1, 0.15) is 5.75 Å². The van der Waals surface area contributed by atoms with Crippen LogP contribution in [0.25, 0.3) is 0 Å². The summed E-state index contributed by atoms with van der Waals surface area (Å²) in [6.07, 6.45) is 4.75. The fraction of sp³-hybridized carbons (Fsp3) is 0.652. The van der Waals surface area contributed by atoms with Crippen LogP contribution in [-0.2, 0) is 16.0 Å². The van der Waals surface area contributed by atoms with Gasteiger partial charge in [0, 0.05) is 31.1 Å². The molecule has 5 heteroatoms. The maximum atomic E-state index is 13.3. The highest BCUT2D eigenvalue weighted by atomic mass is 16.5. The summed E-state index contributed by atoms with van der Waals surface area (Å²) in [7, 11) is 1.68. The van der Waals surface area contributed by atoms with E-state index in [2.05, 4.69) is 17.0 Å². The molecule has 0 N–H and O–H groups in total. The van der Waals surface area contributed by atoms with E-state index in [4.69, 9.17) is 4.74 Å². The van der Waals surface area contributed by atoms with Gasteiger partial charge >= 0.3 is 0 Å². The number of hydrogen-bond donors (Lipinski definition) is 0. The van der Waals surface area contributed by atoms with Crippen molar-refractivity contribution in [2.75, 3.05) is 26.7 Å². The van der Waals surface area contributed by atoms with Crippen LogP contribution in [-0.4, -0.2) is 54.4 Å². The molecule has 2 heterocycles. The van der Waals surface area contributed by atoms with Crippen LogP contribution in [0.1, 0.15) is 52.0 Å². The lowest BCUT2D eigenvalue weighted by molar-refractivity contribution is -0.145. The average molecular weight is 387 g/mol. The van der Waals surface area contributed by atoms with Gasteiger partial charge in [-0.15, -0.1) is 0 Å². The normalized spacial score (nSPS) is 23.0. The van der Waals surface area contributed by atoms with E-state index in [1.165, 1.54) is 5.56 Å². The van der Waals surface area contributed by atoms with Crippen LogP contribution in [0, 0.1) is 11.3 Å². The van der Waals surface area contributed by atoms with Crippen molar-refractivity contribution in [3.05, 3.63) is 29.8 Å². The molecule has 2 aliphatic heterocycles. The topological polar surface area (TPSA) is 49.9 Å². The number of ether oxygens (including phenoxy) is 1. The molecule has 2 aliphatic rings. The van der Waals surface area contributed by atoms with Gasteiger partial charge in [-0.3, -0.25) is 9.59 Å². The number of benzene rings is 1. The maximum Gasteiger partial charge on any atom is 0.227 e. The largest absolute Gasteiger partial charge is 0.497 e. The van der Waals surface area contributed by atoms with Gasteiger partial charge in [0.25, 0.3) is 0 Å². The Balaban J connectivity index is 1.66. The number of likely N-dealkylation sites (tertiary alicyclic amines) is 2. The highest BCUT2D eigenvalue weighted by Gasteiger charge is 2.37. The van der Waals surface area contributed by atoms with Gasteiger partial charge in [-0.2, -0.15) is 0 Å². The Kier molecular flexibility index (Phi) is 6.31. The van der Waals surface area contributed by atoms with Crippen LogP contribution in [0.3, 0.4) is 0 Å². The molecule has 2 saturated heterocycles. The zero-order valence-electron chi connectivity index (χ0n) is 17.7. The van der Waals surface area contributed by atoms with Crippen LogP contribution in [0.5, 0.6) is 5.75 Å². The van der Waals surface area contributed by atoms with Crippen molar-refractivity contribution in [1.29, 1.82) is 0 Å². The summed E-state index contributed by atoms with van der Waals surface area (Å²) in [5.74, 6) is 1.18. The Morgan fingerprint density at radius 1 is 1.14 bits per heavy atom. The van der Waals surface area contributed by atoms with E-state index in [1.54, 1.807) is 7.11 Å². The average Bonchev–Trinajstić information content (AvgIpc) is 3.14. The summed E-state index contributed by atoms with van der Waals surface area (Å²) in [6.45, 7) is 8.02. The molecular formula is C23H34N2O3. The SMILES string of the molecule is COc1cccc(CC2CCCN2C(=O)C2CCCN(C(=O)C(C)(C)C)C2)c1. The van der Waals surface area contributed by atoms with Crippen LogP contribution >= 0.6 is 0 Å². The third kappa shape index (κ3) is 4.68. The van der Waals surface area contributed by atoms with Gasteiger partial charge in [-0.1, -0.05) is 32.9 Å².